The van der Waals surface area contributed by atoms with Crippen molar-refractivity contribution in [2.24, 2.45) is 0 Å². The molecule has 0 aromatic heterocycles. The lowest BCUT2D eigenvalue weighted by molar-refractivity contribution is 0.0279. The molecular formula is C15H32N2O. The molecule has 0 amide bonds. The molecule has 2 unspecified atom stereocenters. The van der Waals surface area contributed by atoms with E-state index >= 15 is 0 Å². The van der Waals surface area contributed by atoms with Gasteiger partial charge in [-0.1, -0.05) is 13.8 Å². The lowest BCUT2D eigenvalue weighted by atomic mass is 9.87. The van der Waals surface area contributed by atoms with Gasteiger partial charge in [-0.25, -0.2) is 0 Å². The van der Waals surface area contributed by atoms with Crippen LogP contribution in [-0.4, -0.2) is 49.3 Å². The van der Waals surface area contributed by atoms with E-state index in [1.165, 1.54) is 38.8 Å². The predicted octanol–water partition coefficient (Wildman–Crippen LogP) is 2.66. The molecule has 1 heterocycles. The zero-order valence-electron chi connectivity index (χ0n) is 12.8. The molecule has 3 heteroatoms. The van der Waals surface area contributed by atoms with Crippen LogP contribution in [0.2, 0.25) is 0 Å². The molecule has 18 heavy (non-hydrogen) atoms. The third-order valence-corrected chi connectivity index (χ3v) is 4.42. The molecule has 0 aliphatic carbocycles. The van der Waals surface area contributed by atoms with Crippen molar-refractivity contribution in [1.82, 2.24) is 10.2 Å². The molecule has 0 bridgehead atoms. The standard InChI is InChI=1S/C15H32N2O/c1-5-10-16-14(13-18-7-3)15(4,6-2)17-11-8-9-12-17/h14,16H,5-13H2,1-4H3. The molecular weight excluding hydrogens is 224 g/mol. The van der Waals surface area contributed by atoms with Crippen LogP contribution in [0, 0.1) is 0 Å². The Bertz CT molecular complexity index is 209. The molecule has 1 fully saturated rings. The summed E-state index contributed by atoms with van der Waals surface area (Å²) in [5.74, 6) is 0. The quantitative estimate of drug-likeness (QED) is 0.686. The van der Waals surface area contributed by atoms with Crippen molar-refractivity contribution >= 4 is 0 Å². The van der Waals surface area contributed by atoms with Crippen molar-refractivity contribution < 1.29 is 4.74 Å². The number of hydrogen-bond acceptors (Lipinski definition) is 3. The van der Waals surface area contributed by atoms with E-state index in [0.717, 1.165) is 19.8 Å². The molecule has 0 radical (unpaired) electrons. The maximum absolute atomic E-state index is 5.71. The summed E-state index contributed by atoms with van der Waals surface area (Å²) >= 11 is 0. The summed E-state index contributed by atoms with van der Waals surface area (Å²) < 4.78 is 5.71. The zero-order chi connectivity index (χ0) is 13.4. The molecule has 0 spiro atoms. The van der Waals surface area contributed by atoms with Crippen molar-refractivity contribution in [2.45, 2.75) is 65.0 Å². The first-order valence-corrected chi connectivity index (χ1v) is 7.75. The summed E-state index contributed by atoms with van der Waals surface area (Å²) in [6, 6.07) is 0.445. The Labute approximate surface area is 113 Å². The Hall–Kier alpha value is -0.120. The Morgan fingerprint density at radius 3 is 2.39 bits per heavy atom. The fourth-order valence-corrected chi connectivity index (χ4v) is 2.93. The fraction of sp³-hybridized carbons (Fsp3) is 1.00. The summed E-state index contributed by atoms with van der Waals surface area (Å²) in [4.78, 5) is 2.67. The smallest absolute Gasteiger partial charge is 0.0637 e. The van der Waals surface area contributed by atoms with Gasteiger partial charge in [-0.3, -0.25) is 4.90 Å². The van der Waals surface area contributed by atoms with Crippen molar-refractivity contribution in [3.8, 4) is 0 Å². The zero-order valence-corrected chi connectivity index (χ0v) is 12.8. The van der Waals surface area contributed by atoms with Gasteiger partial charge in [0.05, 0.1) is 6.61 Å². The fourth-order valence-electron chi connectivity index (χ4n) is 2.93. The van der Waals surface area contributed by atoms with Crippen molar-refractivity contribution in [2.75, 3.05) is 32.8 Å². The topological polar surface area (TPSA) is 24.5 Å². The van der Waals surface area contributed by atoms with E-state index in [1.807, 2.05) is 0 Å². The lowest BCUT2D eigenvalue weighted by Gasteiger charge is -2.44. The SMILES string of the molecule is CCCNC(COCC)C(C)(CC)N1CCCC1. The largest absolute Gasteiger partial charge is 0.380 e. The average molecular weight is 256 g/mol. The van der Waals surface area contributed by atoms with Crippen LogP contribution in [0.1, 0.15) is 53.4 Å². The Balaban J connectivity index is 2.69. The number of nitrogens with one attached hydrogen (secondary N) is 1. The van der Waals surface area contributed by atoms with E-state index in [2.05, 4.69) is 37.9 Å². The van der Waals surface area contributed by atoms with Gasteiger partial charge in [0.1, 0.15) is 0 Å². The summed E-state index contributed by atoms with van der Waals surface area (Å²) in [5, 5.41) is 3.71. The van der Waals surface area contributed by atoms with Gasteiger partial charge in [0.2, 0.25) is 0 Å². The normalized spacial score (nSPS) is 22.0. The van der Waals surface area contributed by atoms with Crippen molar-refractivity contribution in [3.63, 3.8) is 0 Å². The molecule has 108 valence electrons. The van der Waals surface area contributed by atoms with Gasteiger partial charge >= 0.3 is 0 Å². The summed E-state index contributed by atoms with van der Waals surface area (Å²) in [6.45, 7) is 14.2. The maximum Gasteiger partial charge on any atom is 0.0637 e. The highest BCUT2D eigenvalue weighted by atomic mass is 16.5. The lowest BCUT2D eigenvalue weighted by Crippen LogP contribution is -2.60. The monoisotopic (exact) mass is 256 g/mol. The van der Waals surface area contributed by atoms with E-state index in [4.69, 9.17) is 4.74 Å². The van der Waals surface area contributed by atoms with E-state index in [9.17, 15) is 0 Å². The highest BCUT2D eigenvalue weighted by Crippen LogP contribution is 2.28. The van der Waals surface area contributed by atoms with E-state index in [1.54, 1.807) is 0 Å². The second-order valence-electron chi connectivity index (χ2n) is 5.57. The van der Waals surface area contributed by atoms with Crippen LogP contribution in [0.4, 0.5) is 0 Å². The Morgan fingerprint density at radius 1 is 1.22 bits per heavy atom. The van der Waals surface area contributed by atoms with Crippen LogP contribution >= 0.6 is 0 Å². The molecule has 1 rings (SSSR count). The molecule has 0 aromatic rings. The van der Waals surface area contributed by atoms with Crippen molar-refractivity contribution in [3.05, 3.63) is 0 Å². The first kappa shape index (κ1) is 15.9. The first-order chi connectivity index (χ1) is 8.69. The second-order valence-corrected chi connectivity index (χ2v) is 5.57. The van der Waals surface area contributed by atoms with Gasteiger partial charge in [0.15, 0.2) is 0 Å². The molecule has 1 N–H and O–H groups in total. The highest BCUT2D eigenvalue weighted by Gasteiger charge is 2.39. The Kier molecular flexibility index (Phi) is 7.20. The van der Waals surface area contributed by atoms with Gasteiger partial charge in [-0.15, -0.1) is 0 Å². The number of ether oxygens (including phenoxy) is 1. The maximum atomic E-state index is 5.71. The third kappa shape index (κ3) is 3.94. The van der Waals surface area contributed by atoms with E-state index in [-0.39, 0.29) is 5.54 Å². The van der Waals surface area contributed by atoms with Gasteiger partial charge in [-0.2, -0.15) is 0 Å². The van der Waals surface area contributed by atoms with E-state index in [0.29, 0.717) is 6.04 Å². The predicted molar refractivity (Wildman–Crippen MR) is 78.1 cm³/mol. The molecule has 2 atom stereocenters. The minimum absolute atomic E-state index is 0.237. The molecule has 0 aromatic carbocycles. The average Bonchev–Trinajstić information content (AvgIpc) is 2.92. The van der Waals surface area contributed by atoms with Crippen LogP contribution in [-0.2, 0) is 4.74 Å². The molecule has 1 aliphatic heterocycles. The summed E-state index contributed by atoms with van der Waals surface area (Å²) in [6.07, 6.45) is 5.07. The summed E-state index contributed by atoms with van der Waals surface area (Å²) in [5.41, 5.74) is 0.237. The summed E-state index contributed by atoms with van der Waals surface area (Å²) in [7, 11) is 0. The number of likely N-dealkylation sites (tertiary alicyclic amines) is 1. The third-order valence-electron chi connectivity index (χ3n) is 4.42. The second kappa shape index (κ2) is 8.13. The first-order valence-electron chi connectivity index (χ1n) is 7.75. The van der Waals surface area contributed by atoms with Gasteiger partial charge in [0, 0.05) is 18.2 Å². The van der Waals surface area contributed by atoms with Crippen LogP contribution in [0.15, 0.2) is 0 Å². The van der Waals surface area contributed by atoms with E-state index < -0.39 is 0 Å². The Morgan fingerprint density at radius 2 is 1.89 bits per heavy atom. The van der Waals surface area contributed by atoms with Crippen LogP contribution in [0.5, 0.6) is 0 Å². The number of nitrogens with zero attached hydrogens (tertiary/aromatic N) is 1. The molecule has 1 saturated heterocycles. The number of rotatable bonds is 9. The van der Waals surface area contributed by atoms with Crippen LogP contribution < -0.4 is 5.32 Å². The van der Waals surface area contributed by atoms with Gasteiger partial charge in [0.25, 0.3) is 0 Å². The highest BCUT2D eigenvalue weighted by molar-refractivity contribution is 4.97. The van der Waals surface area contributed by atoms with Crippen LogP contribution in [0.25, 0.3) is 0 Å². The van der Waals surface area contributed by atoms with Crippen molar-refractivity contribution in [1.29, 1.82) is 0 Å². The molecule has 1 aliphatic rings. The minimum atomic E-state index is 0.237. The van der Waals surface area contributed by atoms with Crippen LogP contribution in [0.3, 0.4) is 0 Å². The number of hydrogen-bond donors (Lipinski definition) is 1. The van der Waals surface area contributed by atoms with Gasteiger partial charge in [-0.05, 0) is 59.2 Å². The molecule has 3 nitrogen and oxygen atoms in total. The molecule has 0 saturated carbocycles. The van der Waals surface area contributed by atoms with Gasteiger partial charge < -0.3 is 10.1 Å². The minimum Gasteiger partial charge on any atom is -0.380 e.